The minimum Gasteiger partial charge on any atom is -0.439 e. The zero-order valence-corrected chi connectivity index (χ0v) is 43.0. The summed E-state index contributed by atoms with van der Waals surface area (Å²) in [6, 6.07) is 0. The molecule has 0 heterocycles. The Balaban J connectivity index is -0.000000628. The maximum absolute atomic E-state index is 12.1. The van der Waals surface area contributed by atoms with Crippen molar-refractivity contribution in [2.75, 3.05) is 14.2 Å². The van der Waals surface area contributed by atoms with Crippen LogP contribution in [0.1, 0.15) is 26.7 Å². The summed E-state index contributed by atoms with van der Waals surface area (Å²) >= 11 is 0. The van der Waals surface area contributed by atoms with Crippen LogP contribution in [0.15, 0.2) is 0 Å². The zero-order valence-electron chi connectivity index (χ0n) is 28.7. The van der Waals surface area contributed by atoms with Crippen molar-refractivity contribution in [1.82, 2.24) is 0 Å². The second-order valence-corrected chi connectivity index (χ2v) is 81.8. The Morgan fingerprint density at radius 2 is 1.27 bits per heavy atom. The first-order valence-electron chi connectivity index (χ1n) is 14.1. The van der Waals surface area contributed by atoms with Crippen LogP contribution in [0.25, 0.3) is 0 Å². The monoisotopic (exact) mass is 776 g/mol. The van der Waals surface area contributed by atoms with Crippen LogP contribution in [0.2, 0.25) is 78.6 Å². The van der Waals surface area contributed by atoms with Crippen LogP contribution in [0.4, 0.5) is 0 Å². The maximum Gasteiger partial charge on any atom is 0.336 e. The molecule has 0 saturated heterocycles. The van der Waals surface area contributed by atoms with Gasteiger partial charge in [0.1, 0.15) is 0 Å². The van der Waals surface area contributed by atoms with Crippen molar-refractivity contribution in [3.8, 4) is 0 Å². The molecule has 22 heteroatoms. The van der Waals surface area contributed by atoms with Gasteiger partial charge in [-0.2, -0.15) is 0 Å². The third-order valence-electron chi connectivity index (χ3n) is 6.36. The molecule has 0 spiro atoms. The smallest absolute Gasteiger partial charge is 0.336 e. The molecular formula is C18H64O10Si12. The minimum atomic E-state index is -3.27. The molecule has 0 amide bonds. The second kappa shape index (κ2) is 19.5. The number of rotatable bonds is 16. The molecule has 0 aromatic carbocycles. The van der Waals surface area contributed by atoms with Crippen molar-refractivity contribution < 1.29 is 44.2 Å². The highest BCUT2D eigenvalue weighted by atomic mass is 30.0. The Kier molecular flexibility index (Phi) is 22.7. The topological polar surface area (TPSA) is 133 Å². The van der Waals surface area contributed by atoms with Crippen molar-refractivity contribution in [3.05, 3.63) is 0 Å². The van der Waals surface area contributed by atoms with Gasteiger partial charge in [-0.25, -0.2) is 0 Å². The van der Waals surface area contributed by atoms with Crippen LogP contribution in [-0.4, -0.2) is 130 Å². The van der Waals surface area contributed by atoms with Gasteiger partial charge in [0.25, 0.3) is 26.3 Å². The van der Waals surface area contributed by atoms with Gasteiger partial charge < -0.3 is 44.2 Å². The lowest BCUT2D eigenvalue weighted by Crippen LogP contribution is -2.85. The molecule has 0 aromatic heterocycles. The summed E-state index contributed by atoms with van der Waals surface area (Å²) in [4.78, 5) is 30.4. The van der Waals surface area contributed by atoms with Gasteiger partial charge >= 0.3 is 16.2 Å². The SMILES string of the molecule is CCCC.CO[Si](C)(O[Si](C)(C)O[Si](C)(C)C)[SiH2]C.CO[Si]([SiH3])([SiH2]O)[Si](O[SiH2]O)(O[Si](C)(C)[Si](C)=O)[Si](C)(C)O. The van der Waals surface area contributed by atoms with Gasteiger partial charge in [0, 0.05) is 24.0 Å². The molecule has 0 aliphatic carbocycles. The van der Waals surface area contributed by atoms with Gasteiger partial charge in [0.2, 0.25) is 22.5 Å². The molecule has 3 atom stereocenters. The summed E-state index contributed by atoms with van der Waals surface area (Å²) in [6.07, 6.45) is 2.64. The van der Waals surface area contributed by atoms with Gasteiger partial charge in [0.15, 0.2) is 17.6 Å². The van der Waals surface area contributed by atoms with E-state index < -0.39 is 82.6 Å². The molecule has 0 aliphatic heterocycles. The van der Waals surface area contributed by atoms with Gasteiger partial charge in [-0.3, -0.25) is 0 Å². The number of hydrogen-bond donors (Lipinski definition) is 3. The van der Waals surface area contributed by atoms with E-state index in [4.69, 9.17) is 25.3 Å². The first-order chi connectivity index (χ1) is 17.8. The number of unbranched alkanes of at least 4 members (excludes halogenated alkanes) is 1. The molecule has 244 valence electrons. The quantitative estimate of drug-likeness (QED) is 0.184. The molecule has 0 saturated carbocycles. The molecule has 0 bridgehead atoms. The average molecular weight is 778 g/mol. The van der Waals surface area contributed by atoms with E-state index >= 15 is 0 Å². The van der Waals surface area contributed by atoms with Crippen molar-refractivity contribution in [3.63, 3.8) is 0 Å². The predicted molar refractivity (Wildman–Crippen MR) is 198 cm³/mol. The van der Waals surface area contributed by atoms with E-state index in [2.05, 4.69) is 59.7 Å². The second-order valence-electron chi connectivity index (χ2n) is 12.6. The maximum atomic E-state index is 12.1. The van der Waals surface area contributed by atoms with Crippen LogP contribution in [0, 0.1) is 0 Å². The fourth-order valence-corrected chi connectivity index (χ4v) is 114. The standard InChI is InChI=1S/C8H26O3Si4.C6H28O7Si8.C4H10/c1-9-15(8,12-2)11-14(6,7)10-13(3,4)5;1-11-21(14,16-8)20(12-15-7,18(3,4)10)13-19(5,6)17(2)9;1-3-4-2/h12H2,1-8H3;7-8,10H,15-16H2,1-6,14H3;3-4H2,1-2H3. The van der Waals surface area contributed by atoms with Crippen molar-refractivity contribution >= 4 is 101 Å². The van der Waals surface area contributed by atoms with Gasteiger partial charge in [-0.05, 0) is 72.0 Å². The highest BCUT2D eigenvalue weighted by molar-refractivity contribution is 7.83. The Morgan fingerprint density at radius 3 is 1.50 bits per heavy atom. The molecule has 0 rings (SSSR count). The van der Waals surface area contributed by atoms with Gasteiger partial charge in [-0.15, -0.1) is 0 Å². The molecule has 3 N–H and O–H groups in total. The Hall–Kier alpha value is 2.04. The molecule has 0 aliphatic rings. The zero-order chi connectivity index (χ0) is 32.9. The molecule has 40 heavy (non-hydrogen) atoms. The molecule has 0 fully saturated rings. The fourth-order valence-electron chi connectivity index (χ4n) is 3.60. The Bertz CT molecular complexity index is 711. The lowest BCUT2D eigenvalue weighted by molar-refractivity contribution is 0.293. The largest absolute Gasteiger partial charge is 0.439 e. The summed E-state index contributed by atoms with van der Waals surface area (Å²) in [5.41, 5.74) is 0. The van der Waals surface area contributed by atoms with E-state index in [-0.39, 0.29) is 9.04 Å². The van der Waals surface area contributed by atoms with Crippen LogP contribution in [-0.2, 0) is 29.8 Å². The lowest BCUT2D eigenvalue weighted by atomic mass is 10.4. The van der Waals surface area contributed by atoms with E-state index in [9.17, 15) is 18.8 Å². The molecule has 3 unspecified atom stereocenters. The predicted octanol–water partition coefficient (Wildman–Crippen LogP) is -0.0361. The van der Waals surface area contributed by atoms with E-state index in [1.165, 1.54) is 12.8 Å². The summed E-state index contributed by atoms with van der Waals surface area (Å²) in [5, 5.41) is 0. The number of hydrogen-bond acceptors (Lipinski definition) is 10. The van der Waals surface area contributed by atoms with Crippen LogP contribution < -0.4 is 0 Å². The normalized spacial score (nSPS) is 18.3. The summed E-state index contributed by atoms with van der Waals surface area (Å²) in [6.45, 7) is 25.8. The average Bonchev–Trinajstić information content (AvgIpc) is 2.80. The van der Waals surface area contributed by atoms with E-state index in [0.29, 0.717) is 9.76 Å². The van der Waals surface area contributed by atoms with Crippen LogP contribution >= 0.6 is 0 Å². The highest BCUT2D eigenvalue weighted by Gasteiger charge is 2.69. The first-order valence-corrected chi connectivity index (χ1v) is 48.5. The third-order valence-corrected chi connectivity index (χ3v) is 90.5. The molecule has 0 radical (unpaired) electrons. The van der Waals surface area contributed by atoms with Crippen molar-refractivity contribution in [2.45, 2.75) is 105 Å². The lowest BCUT2D eigenvalue weighted by Gasteiger charge is -2.49. The summed E-state index contributed by atoms with van der Waals surface area (Å²) < 4.78 is 47.9. The summed E-state index contributed by atoms with van der Waals surface area (Å²) in [5.74, 6) is 0. The van der Waals surface area contributed by atoms with Crippen molar-refractivity contribution in [2.24, 2.45) is 0 Å². The molecule has 0 aromatic rings. The van der Waals surface area contributed by atoms with Crippen molar-refractivity contribution in [1.29, 1.82) is 0 Å². The highest BCUT2D eigenvalue weighted by Crippen LogP contribution is 2.30. The van der Waals surface area contributed by atoms with E-state index in [1.807, 2.05) is 13.1 Å². The summed E-state index contributed by atoms with van der Waals surface area (Å²) in [7, 11) is -15.7. The third kappa shape index (κ3) is 16.4. The Labute approximate surface area is 263 Å². The van der Waals surface area contributed by atoms with Crippen LogP contribution in [0.3, 0.4) is 0 Å². The minimum absolute atomic E-state index is 0.237. The van der Waals surface area contributed by atoms with Gasteiger partial charge in [0.05, 0.1) is 9.04 Å². The fraction of sp³-hybridized carbons (Fsp3) is 1.00. The molecule has 10 nitrogen and oxygen atoms in total. The molecular weight excluding hydrogens is 713 g/mol. The van der Waals surface area contributed by atoms with E-state index in [1.54, 1.807) is 33.9 Å². The first kappa shape index (κ1) is 46.5. The van der Waals surface area contributed by atoms with Crippen LogP contribution in [0.5, 0.6) is 0 Å². The van der Waals surface area contributed by atoms with Gasteiger partial charge in [-0.1, -0.05) is 33.2 Å². The Morgan fingerprint density at radius 1 is 0.825 bits per heavy atom. The van der Waals surface area contributed by atoms with E-state index in [0.717, 1.165) is 0 Å².